The van der Waals surface area contributed by atoms with Gasteiger partial charge in [-0.15, -0.1) is 0 Å². The number of hydrogen-bond acceptors (Lipinski definition) is 18. The van der Waals surface area contributed by atoms with Crippen molar-refractivity contribution in [3.8, 4) is 46.0 Å². The summed E-state index contributed by atoms with van der Waals surface area (Å²) in [5.74, 6) is -4.12. The second-order valence-electron chi connectivity index (χ2n) is 13.0. The molecule has 0 saturated carbocycles. The van der Waals surface area contributed by atoms with E-state index in [1.165, 1.54) is 101 Å². The van der Waals surface area contributed by atoms with Gasteiger partial charge in [0.25, 0.3) is 0 Å². The first-order chi connectivity index (χ1) is 29.9. The van der Waals surface area contributed by atoms with Gasteiger partial charge in [0.2, 0.25) is 0 Å². The summed E-state index contributed by atoms with van der Waals surface area (Å²) in [7, 11) is 5.32. The molecule has 0 N–H and O–H groups in total. The van der Waals surface area contributed by atoms with Crippen LogP contribution in [0.4, 0.5) is 0 Å². The normalized spacial score (nSPS) is 17.3. The fourth-order valence-electron chi connectivity index (χ4n) is 6.18. The Morgan fingerprint density at radius 1 is 0.452 bits per heavy atom. The monoisotopic (exact) mass is 854 g/mol. The lowest BCUT2D eigenvalue weighted by atomic mass is 10.1. The highest BCUT2D eigenvalue weighted by atomic mass is 16.7. The highest BCUT2D eigenvalue weighted by Gasteiger charge is 2.51. The summed E-state index contributed by atoms with van der Waals surface area (Å²) < 4.78 is 65.6. The number of ether oxygens (including phenoxy) is 12. The summed E-state index contributed by atoms with van der Waals surface area (Å²) in [6, 6.07) is 16.2. The Morgan fingerprint density at radius 3 is 1.03 bits per heavy atom. The molecule has 2 aliphatic heterocycles. The third-order valence-corrected chi connectivity index (χ3v) is 9.24. The lowest BCUT2D eigenvalue weighted by Crippen LogP contribution is -2.36. The van der Waals surface area contributed by atoms with Crippen LogP contribution in [0.3, 0.4) is 0 Å². The van der Waals surface area contributed by atoms with Crippen LogP contribution in [0.25, 0.3) is 0 Å². The fourth-order valence-corrected chi connectivity index (χ4v) is 6.18. The highest BCUT2D eigenvalue weighted by molar-refractivity contribution is 5.95. The van der Waals surface area contributed by atoms with E-state index >= 15 is 0 Å². The number of carbonyl (C=O) groups excluding carboxylic acids is 6. The molecular weight excluding hydrogens is 816 g/mol. The van der Waals surface area contributed by atoms with Crippen molar-refractivity contribution in [2.24, 2.45) is 0 Å². The predicted octanol–water partition coefficient (Wildman–Crippen LogP) is 4.89. The summed E-state index contributed by atoms with van der Waals surface area (Å²) in [5, 5.41) is 0. The maximum atomic E-state index is 13.3. The number of methoxy groups -OCH3 is 4. The van der Waals surface area contributed by atoms with E-state index in [9.17, 15) is 28.8 Å². The molecule has 0 bridgehead atoms. The number of hydrogen-bond donors (Lipinski definition) is 0. The average Bonchev–Trinajstić information content (AvgIpc) is 3.88. The van der Waals surface area contributed by atoms with E-state index in [2.05, 4.69) is 13.2 Å². The molecule has 0 aromatic heterocycles. The van der Waals surface area contributed by atoms with Gasteiger partial charge in [0.1, 0.15) is 12.2 Å². The van der Waals surface area contributed by atoms with Gasteiger partial charge in [-0.1, -0.05) is 13.2 Å². The second kappa shape index (κ2) is 19.6. The zero-order chi connectivity index (χ0) is 44.5. The summed E-state index contributed by atoms with van der Waals surface area (Å²) in [6.45, 7) is 6.58. The van der Waals surface area contributed by atoms with Gasteiger partial charge in [-0.25, -0.2) is 28.8 Å². The molecule has 2 aliphatic rings. The average molecular weight is 855 g/mol. The van der Waals surface area contributed by atoms with Crippen LogP contribution in [-0.2, 0) is 28.5 Å². The van der Waals surface area contributed by atoms with E-state index in [4.69, 9.17) is 56.8 Å². The van der Waals surface area contributed by atoms with E-state index in [-0.39, 0.29) is 81.5 Å². The molecule has 18 heteroatoms. The standard InChI is InChI=1S/C44H38O18/c1-7-37(45)57-27-13-9-23(17-31(27)51-3)41(47)59-29-15-11-25(19-33(29)53-5)43(49)61-35-21-55-40-36(22-56-39(35)40)62-44(50)26-12-16-30(34(20-26)54-6)60-42(48)24-10-14-28(32(18-24)52-4)58-38(46)8-2/h7-20,35-36,39-40H,1-2,21-22H2,3-6H3. The van der Waals surface area contributed by atoms with Crippen LogP contribution in [0.5, 0.6) is 46.0 Å². The van der Waals surface area contributed by atoms with Gasteiger partial charge in [0.05, 0.1) is 63.9 Å². The van der Waals surface area contributed by atoms with Crippen molar-refractivity contribution in [2.75, 3.05) is 41.7 Å². The van der Waals surface area contributed by atoms with Crippen molar-refractivity contribution in [2.45, 2.75) is 24.4 Å². The van der Waals surface area contributed by atoms with Gasteiger partial charge in [0, 0.05) is 12.2 Å². The van der Waals surface area contributed by atoms with Crippen LogP contribution in [0.1, 0.15) is 41.4 Å². The largest absolute Gasteiger partial charge is 0.493 e. The lowest BCUT2D eigenvalue weighted by molar-refractivity contribution is -0.130. The number of carbonyl (C=O) groups is 6. The number of benzene rings is 4. The summed E-state index contributed by atoms with van der Waals surface area (Å²) in [4.78, 5) is 75.8. The maximum absolute atomic E-state index is 13.3. The third-order valence-electron chi connectivity index (χ3n) is 9.24. The van der Waals surface area contributed by atoms with Crippen LogP contribution in [0, 0.1) is 0 Å². The minimum Gasteiger partial charge on any atom is -0.493 e. The van der Waals surface area contributed by atoms with E-state index < -0.39 is 60.2 Å². The lowest BCUT2D eigenvalue weighted by Gasteiger charge is -2.18. The van der Waals surface area contributed by atoms with Crippen molar-refractivity contribution in [1.82, 2.24) is 0 Å². The van der Waals surface area contributed by atoms with E-state index in [0.29, 0.717) is 0 Å². The van der Waals surface area contributed by atoms with Gasteiger partial charge in [-0.2, -0.15) is 0 Å². The van der Waals surface area contributed by atoms with Gasteiger partial charge in [-0.3, -0.25) is 0 Å². The topological polar surface area (TPSA) is 213 Å². The highest BCUT2D eigenvalue weighted by Crippen LogP contribution is 2.36. The second-order valence-corrected chi connectivity index (χ2v) is 13.0. The zero-order valence-electron chi connectivity index (χ0n) is 33.6. The summed E-state index contributed by atoms with van der Waals surface area (Å²) in [6.07, 6.45) is -1.30. The number of rotatable bonds is 16. The van der Waals surface area contributed by atoms with Crippen LogP contribution in [0.2, 0.25) is 0 Å². The van der Waals surface area contributed by atoms with Gasteiger partial charge >= 0.3 is 35.8 Å². The molecule has 4 atom stereocenters. The Kier molecular flexibility index (Phi) is 13.9. The molecule has 0 radical (unpaired) electrons. The first-order valence-corrected chi connectivity index (χ1v) is 18.4. The van der Waals surface area contributed by atoms with Crippen LogP contribution < -0.4 is 37.9 Å². The van der Waals surface area contributed by atoms with E-state index in [1.54, 1.807) is 0 Å². The Labute approximate surface area is 353 Å². The van der Waals surface area contributed by atoms with Crippen LogP contribution >= 0.6 is 0 Å². The molecule has 2 heterocycles. The summed E-state index contributed by atoms with van der Waals surface area (Å²) in [5.41, 5.74) is 0.259. The van der Waals surface area contributed by atoms with Gasteiger partial charge in [-0.05, 0) is 72.8 Å². The van der Waals surface area contributed by atoms with E-state index in [1.807, 2.05) is 0 Å². The SMILES string of the molecule is C=CC(=O)Oc1ccc(C(=O)Oc2ccc(C(=O)OC3COC4C(OC(=O)c5ccc(OC(=O)c6ccc(OC(=O)C=C)c(OC)c6)c(OC)c5)COC34)cc2OC)cc1OC. The number of esters is 6. The van der Waals surface area contributed by atoms with Crippen molar-refractivity contribution in [3.05, 3.63) is 120 Å². The molecule has 0 aliphatic carbocycles. The molecule has 6 rings (SSSR count). The van der Waals surface area contributed by atoms with Crippen molar-refractivity contribution in [3.63, 3.8) is 0 Å². The quantitative estimate of drug-likeness (QED) is 0.0833. The fraction of sp³-hybridized carbons (Fsp3) is 0.227. The Bertz CT molecular complexity index is 2250. The molecule has 2 saturated heterocycles. The molecule has 0 spiro atoms. The Morgan fingerprint density at radius 2 is 0.742 bits per heavy atom. The molecule has 18 nitrogen and oxygen atoms in total. The minimum absolute atomic E-state index is 0.00481. The predicted molar refractivity (Wildman–Crippen MR) is 211 cm³/mol. The first-order valence-electron chi connectivity index (χ1n) is 18.4. The summed E-state index contributed by atoms with van der Waals surface area (Å²) >= 11 is 0. The third kappa shape index (κ3) is 9.83. The molecule has 62 heavy (non-hydrogen) atoms. The zero-order valence-corrected chi connectivity index (χ0v) is 33.6. The molecule has 2 fully saturated rings. The number of fused-ring (bicyclic) bond motifs is 1. The molecular formula is C44H38O18. The Balaban J connectivity index is 1.04. The van der Waals surface area contributed by atoms with E-state index in [0.717, 1.165) is 12.2 Å². The molecule has 4 aromatic rings. The molecule has 0 amide bonds. The maximum Gasteiger partial charge on any atom is 0.343 e. The smallest absolute Gasteiger partial charge is 0.343 e. The molecule has 4 unspecified atom stereocenters. The van der Waals surface area contributed by atoms with Crippen molar-refractivity contribution >= 4 is 35.8 Å². The van der Waals surface area contributed by atoms with Crippen molar-refractivity contribution < 1.29 is 85.6 Å². The Hall–Kier alpha value is -7.70. The van der Waals surface area contributed by atoms with Gasteiger partial charge in [0.15, 0.2) is 58.2 Å². The van der Waals surface area contributed by atoms with Crippen molar-refractivity contribution in [1.29, 1.82) is 0 Å². The minimum atomic E-state index is -0.865. The molecule has 4 aromatic carbocycles. The van der Waals surface area contributed by atoms with Crippen LogP contribution in [-0.4, -0.2) is 102 Å². The molecule has 322 valence electrons. The first kappa shape index (κ1) is 43.9. The van der Waals surface area contributed by atoms with Crippen LogP contribution in [0.15, 0.2) is 98.1 Å². The van der Waals surface area contributed by atoms with Gasteiger partial charge < -0.3 is 56.8 Å².